The first-order valence-electron chi connectivity index (χ1n) is 6.05. The number of furan rings is 1. The normalized spacial score (nSPS) is 11.2. The van der Waals surface area contributed by atoms with Gasteiger partial charge in [-0.2, -0.15) is 0 Å². The van der Waals surface area contributed by atoms with Gasteiger partial charge in [0.05, 0.1) is 16.4 Å². The van der Waals surface area contributed by atoms with Gasteiger partial charge in [-0.3, -0.25) is 4.99 Å². The van der Waals surface area contributed by atoms with E-state index in [1.54, 1.807) is 6.21 Å². The lowest BCUT2D eigenvalue weighted by Gasteiger charge is -2.07. The quantitative estimate of drug-likeness (QED) is 0.780. The summed E-state index contributed by atoms with van der Waals surface area (Å²) in [6.45, 7) is 4.18. The van der Waals surface area contributed by atoms with Crippen molar-refractivity contribution in [3.8, 4) is 0 Å². The molecule has 0 bridgehead atoms. The number of hydrogen-bond acceptors (Lipinski definition) is 3. The van der Waals surface area contributed by atoms with Crippen LogP contribution in [-0.4, -0.2) is 20.3 Å². The van der Waals surface area contributed by atoms with Crippen LogP contribution in [0.15, 0.2) is 38.1 Å². The fourth-order valence-corrected chi connectivity index (χ4v) is 2.35. The van der Waals surface area contributed by atoms with Gasteiger partial charge in [-0.15, -0.1) is 0 Å². The third-order valence-electron chi connectivity index (χ3n) is 2.93. The van der Waals surface area contributed by atoms with Gasteiger partial charge >= 0.3 is 0 Å². The standard InChI is InChI=1S/C15H17BrN2O/c1-10-5-6-12(7-11(10)2)17-9-13-8-14(16)15(19-13)18(3)4/h5-9H,1-4H3. The van der Waals surface area contributed by atoms with E-state index in [9.17, 15) is 0 Å². The van der Waals surface area contributed by atoms with Gasteiger partial charge in [-0.1, -0.05) is 6.07 Å². The largest absolute Gasteiger partial charge is 0.438 e. The maximum absolute atomic E-state index is 5.68. The molecule has 0 saturated carbocycles. The van der Waals surface area contributed by atoms with Gasteiger partial charge in [0.15, 0.2) is 0 Å². The van der Waals surface area contributed by atoms with Gasteiger partial charge in [0.1, 0.15) is 5.76 Å². The molecule has 0 saturated heterocycles. The van der Waals surface area contributed by atoms with Crippen LogP contribution in [0.4, 0.5) is 11.6 Å². The molecule has 2 aromatic rings. The Morgan fingerprint density at radius 2 is 1.89 bits per heavy atom. The lowest BCUT2D eigenvalue weighted by molar-refractivity contribution is 0.557. The molecule has 4 heteroatoms. The zero-order chi connectivity index (χ0) is 14.0. The summed E-state index contributed by atoms with van der Waals surface area (Å²) in [6, 6.07) is 8.06. The molecule has 0 spiro atoms. The summed E-state index contributed by atoms with van der Waals surface area (Å²) in [4.78, 5) is 6.35. The summed E-state index contributed by atoms with van der Waals surface area (Å²) in [5, 5.41) is 0. The second kappa shape index (κ2) is 5.61. The maximum atomic E-state index is 5.68. The number of benzene rings is 1. The molecule has 0 amide bonds. The fourth-order valence-electron chi connectivity index (χ4n) is 1.69. The number of anilines is 1. The topological polar surface area (TPSA) is 28.7 Å². The lowest BCUT2D eigenvalue weighted by atomic mass is 10.1. The van der Waals surface area contributed by atoms with Crippen molar-refractivity contribution < 1.29 is 4.42 Å². The molecule has 1 heterocycles. The molecule has 1 aromatic heterocycles. The van der Waals surface area contributed by atoms with Crippen molar-refractivity contribution in [2.24, 2.45) is 4.99 Å². The molecule has 0 N–H and O–H groups in total. The molecule has 2 rings (SSSR count). The highest BCUT2D eigenvalue weighted by atomic mass is 79.9. The Morgan fingerprint density at radius 3 is 2.47 bits per heavy atom. The Balaban J connectivity index is 2.22. The SMILES string of the molecule is Cc1ccc(N=Cc2cc(Br)c(N(C)C)o2)cc1C. The summed E-state index contributed by atoms with van der Waals surface area (Å²) in [7, 11) is 3.88. The van der Waals surface area contributed by atoms with Crippen LogP contribution >= 0.6 is 15.9 Å². The first kappa shape index (κ1) is 13.9. The lowest BCUT2D eigenvalue weighted by Crippen LogP contribution is -2.07. The molecular weight excluding hydrogens is 304 g/mol. The van der Waals surface area contributed by atoms with E-state index in [1.165, 1.54) is 11.1 Å². The van der Waals surface area contributed by atoms with Crippen molar-refractivity contribution >= 4 is 33.7 Å². The van der Waals surface area contributed by atoms with Crippen molar-refractivity contribution in [1.29, 1.82) is 0 Å². The van der Waals surface area contributed by atoms with E-state index in [2.05, 4.69) is 46.9 Å². The molecule has 0 atom stereocenters. The monoisotopic (exact) mass is 320 g/mol. The minimum absolute atomic E-state index is 0.730. The number of hydrogen-bond donors (Lipinski definition) is 0. The van der Waals surface area contributed by atoms with E-state index in [0.29, 0.717) is 0 Å². The predicted octanol–water partition coefficient (Wildman–Crippen LogP) is 4.48. The van der Waals surface area contributed by atoms with Gasteiger partial charge < -0.3 is 9.32 Å². The van der Waals surface area contributed by atoms with Gasteiger partial charge in [0.2, 0.25) is 5.88 Å². The van der Waals surface area contributed by atoms with Gasteiger partial charge in [-0.05, 0) is 53.0 Å². The number of aliphatic imine (C=N–C) groups is 1. The van der Waals surface area contributed by atoms with E-state index >= 15 is 0 Å². The van der Waals surface area contributed by atoms with Crippen molar-refractivity contribution in [2.45, 2.75) is 13.8 Å². The van der Waals surface area contributed by atoms with Crippen LogP contribution in [0.3, 0.4) is 0 Å². The molecule has 0 aliphatic heterocycles. The van der Waals surface area contributed by atoms with E-state index in [1.807, 2.05) is 31.1 Å². The van der Waals surface area contributed by atoms with Gasteiger partial charge in [-0.25, -0.2) is 0 Å². The predicted molar refractivity (Wildman–Crippen MR) is 83.9 cm³/mol. The Hall–Kier alpha value is -1.55. The Bertz CT molecular complexity index is 615. The first-order chi connectivity index (χ1) is 8.97. The van der Waals surface area contributed by atoms with Crippen LogP contribution < -0.4 is 4.90 Å². The minimum Gasteiger partial charge on any atom is -0.438 e. The Kier molecular flexibility index (Phi) is 4.10. The molecule has 0 fully saturated rings. The van der Waals surface area contributed by atoms with Crippen LogP contribution in [0.25, 0.3) is 0 Å². The molecule has 0 aliphatic rings. The number of halogens is 1. The molecule has 0 aliphatic carbocycles. The van der Waals surface area contributed by atoms with Crippen LogP contribution in [0.5, 0.6) is 0 Å². The number of rotatable bonds is 3. The third kappa shape index (κ3) is 3.26. The van der Waals surface area contributed by atoms with Gasteiger partial charge in [0, 0.05) is 20.2 Å². The second-order valence-electron chi connectivity index (χ2n) is 4.72. The van der Waals surface area contributed by atoms with Gasteiger partial charge in [0.25, 0.3) is 0 Å². The molecular formula is C15H17BrN2O. The minimum atomic E-state index is 0.730. The molecule has 1 aromatic carbocycles. The van der Waals surface area contributed by atoms with Crippen LogP contribution in [0, 0.1) is 13.8 Å². The highest BCUT2D eigenvalue weighted by molar-refractivity contribution is 9.10. The molecule has 100 valence electrons. The van der Waals surface area contributed by atoms with Crippen LogP contribution in [-0.2, 0) is 0 Å². The second-order valence-corrected chi connectivity index (χ2v) is 5.58. The summed E-state index contributed by atoms with van der Waals surface area (Å²) < 4.78 is 6.61. The van der Waals surface area contributed by atoms with E-state index in [4.69, 9.17) is 4.42 Å². The van der Waals surface area contributed by atoms with Crippen molar-refractivity contribution in [3.05, 3.63) is 45.6 Å². The molecule has 0 unspecified atom stereocenters. The summed E-state index contributed by atoms with van der Waals surface area (Å²) in [6.07, 6.45) is 1.74. The van der Waals surface area contributed by atoms with Crippen molar-refractivity contribution in [2.75, 3.05) is 19.0 Å². The van der Waals surface area contributed by atoms with Crippen LogP contribution in [0.2, 0.25) is 0 Å². The molecule has 3 nitrogen and oxygen atoms in total. The smallest absolute Gasteiger partial charge is 0.210 e. The fraction of sp³-hybridized carbons (Fsp3) is 0.267. The highest BCUT2D eigenvalue weighted by Gasteiger charge is 2.08. The molecule has 19 heavy (non-hydrogen) atoms. The van der Waals surface area contributed by atoms with Crippen molar-refractivity contribution in [1.82, 2.24) is 0 Å². The number of aryl methyl sites for hydroxylation is 2. The third-order valence-corrected chi connectivity index (χ3v) is 3.49. The maximum Gasteiger partial charge on any atom is 0.210 e. The zero-order valence-electron chi connectivity index (χ0n) is 11.6. The zero-order valence-corrected chi connectivity index (χ0v) is 13.2. The Labute approximate surface area is 122 Å². The van der Waals surface area contributed by atoms with E-state index in [-0.39, 0.29) is 0 Å². The van der Waals surface area contributed by atoms with Crippen LogP contribution in [0.1, 0.15) is 16.9 Å². The average molecular weight is 321 g/mol. The highest BCUT2D eigenvalue weighted by Crippen LogP contribution is 2.28. The summed E-state index contributed by atoms with van der Waals surface area (Å²) in [5.74, 6) is 1.52. The first-order valence-corrected chi connectivity index (χ1v) is 6.84. The summed E-state index contributed by atoms with van der Waals surface area (Å²) in [5.41, 5.74) is 3.45. The van der Waals surface area contributed by atoms with E-state index in [0.717, 1.165) is 21.8 Å². The van der Waals surface area contributed by atoms with E-state index < -0.39 is 0 Å². The summed E-state index contributed by atoms with van der Waals surface area (Å²) >= 11 is 3.47. The molecule has 0 radical (unpaired) electrons. The Morgan fingerprint density at radius 1 is 1.16 bits per heavy atom. The number of nitrogens with zero attached hydrogens (tertiary/aromatic N) is 2. The average Bonchev–Trinajstić information content (AvgIpc) is 2.72. The van der Waals surface area contributed by atoms with Crippen molar-refractivity contribution in [3.63, 3.8) is 0 Å².